The Morgan fingerprint density at radius 2 is 1.91 bits per heavy atom. The summed E-state index contributed by atoms with van der Waals surface area (Å²) in [5, 5.41) is 0. The third-order valence-electron chi connectivity index (χ3n) is 2.74. The zero-order valence-corrected chi connectivity index (χ0v) is 13.5. The molecule has 0 radical (unpaired) electrons. The van der Waals surface area contributed by atoms with E-state index in [1.165, 1.54) is 18.2 Å². The van der Waals surface area contributed by atoms with Crippen LogP contribution < -0.4 is 0 Å². The van der Waals surface area contributed by atoms with Crippen molar-refractivity contribution in [2.75, 3.05) is 0 Å². The van der Waals surface area contributed by atoms with E-state index in [9.17, 15) is 13.6 Å². The summed E-state index contributed by atoms with van der Waals surface area (Å²) >= 11 is 0. The van der Waals surface area contributed by atoms with E-state index in [0.717, 1.165) is 12.8 Å². The van der Waals surface area contributed by atoms with Crippen molar-refractivity contribution in [3.63, 3.8) is 0 Å². The van der Waals surface area contributed by atoms with Crippen molar-refractivity contribution < 1.29 is 18.3 Å². The largest absolute Gasteiger partial charge is 0.455 e. The maximum absolute atomic E-state index is 14.2. The molecule has 1 rings (SSSR count). The van der Waals surface area contributed by atoms with Gasteiger partial charge in [-0.3, -0.25) is 0 Å². The average molecular weight is 308 g/mol. The lowest BCUT2D eigenvalue weighted by molar-refractivity contribution is -0.185. The highest BCUT2D eigenvalue weighted by atomic mass is 19.3. The number of carbonyl (C=O) groups excluding carboxylic acids is 1. The van der Waals surface area contributed by atoms with Gasteiger partial charge < -0.3 is 4.74 Å². The summed E-state index contributed by atoms with van der Waals surface area (Å²) in [5.74, 6) is 0.704. The molecule has 0 amide bonds. The van der Waals surface area contributed by atoms with E-state index >= 15 is 0 Å². The minimum absolute atomic E-state index is 0.364. The smallest absolute Gasteiger partial charge is 0.382 e. The molecule has 1 aromatic rings. The average Bonchev–Trinajstić information content (AvgIpc) is 2.42. The third-order valence-corrected chi connectivity index (χ3v) is 2.74. The molecule has 0 saturated carbocycles. The van der Waals surface area contributed by atoms with E-state index in [1.807, 2.05) is 6.92 Å². The maximum Gasteiger partial charge on any atom is 0.382 e. The minimum Gasteiger partial charge on any atom is -0.455 e. The Hall–Kier alpha value is -1.89. The van der Waals surface area contributed by atoms with Crippen LogP contribution in [0, 0.1) is 11.8 Å². The van der Waals surface area contributed by atoms with Crippen LogP contribution in [0.2, 0.25) is 0 Å². The SMILES string of the molecule is CCCC#CCc1cccc(C(F)(F)C(=O)OC(C)(C)C)c1. The zero-order valence-electron chi connectivity index (χ0n) is 13.5. The maximum atomic E-state index is 14.2. The highest BCUT2D eigenvalue weighted by Gasteiger charge is 2.44. The highest BCUT2D eigenvalue weighted by molar-refractivity contribution is 5.79. The van der Waals surface area contributed by atoms with E-state index < -0.39 is 17.5 Å². The third kappa shape index (κ3) is 5.48. The van der Waals surface area contributed by atoms with Crippen LogP contribution in [-0.4, -0.2) is 11.6 Å². The van der Waals surface area contributed by atoms with Crippen molar-refractivity contribution in [2.24, 2.45) is 0 Å². The molecule has 0 spiro atoms. The van der Waals surface area contributed by atoms with Crippen LogP contribution >= 0.6 is 0 Å². The van der Waals surface area contributed by atoms with E-state index in [1.54, 1.807) is 26.8 Å². The molecule has 0 aliphatic heterocycles. The Kier molecular flexibility index (Phi) is 6.11. The molecule has 1 aromatic carbocycles. The van der Waals surface area contributed by atoms with E-state index in [-0.39, 0.29) is 5.56 Å². The number of ether oxygens (including phenoxy) is 1. The number of hydrogen-bond donors (Lipinski definition) is 0. The van der Waals surface area contributed by atoms with Gasteiger partial charge in [0, 0.05) is 18.4 Å². The monoisotopic (exact) mass is 308 g/mol. The molecule has 0 saturated heterocycles. The summed E-state index contributed by atoms with van der Waals surface area (Å²) < 4.78 is 33.2. The lowest BCUT2D eigenvalue weighted by atomic mass is 10.0. The van der Waals surface area contributed by atoms with Gasteiger partial charge in [-0.1, -0.05) is 31.0 Å². The van der Waals surface area contributed by atoms with Crippen LogP contribution in [0.5, 0.6) is 0 Å². The number of alkyl halides is 2. The predicted octanol–water partition coefficient (Wildman–Crippen LogP) is 4.47. The first kappa shape index (κ1) is 18.2. The molecule has 0 aromatic heterocycles. The number of hydrogen-bond acceptors (Lipinski definition) is 2. The van der Waals surface area contributed by atoms with Crippen LogP contribution in [0.4, 0.5) is 8.78 Å². The molecule has 0 aliphatic carbocycles. The Bertz CT molecular complexity index is 575. The van der Waals surface area contributed by atoms with Crippen molar-refractivity contribution in [1.29, 1.82) is 0 Å². The standard InChI is InChI=1S/C18H22F2O2/c1-5-6-7-8-10-14-11-9-12-15(13-14)18(19,20)16(21)22-17(2,3)4/h9,11-13H,5-6,10H2,1-4H3. The topological polar surface area (TPSA) is 26.3 Å². The molecule has 22 heavy (non-hydrogen) atoms. The number of rotatable bonds is 4. The first-order valence-electron chi connectivity index (χ1n) is 7.33. The summed E-state index contributed by atoms with van der Waals surface area (Å²) in [7, 11) is 0. The van der Waals surface area contributed by atoms with E-state index in [4.69, 9.17) is 4.74 Å². The van der Waals surface area contributed by atoms with Gasteiger partial charge in [-0.2, -0.15) is 8.78 Å². The van der Waals surface area contributed by atoms with E-state index in [0.29, 0.717) is 12.0 Å². The van der Waals surface area contributed by atoms with Gasteiger partial charge in [0.1, 0.15) is 5.60 Å². The number of benzene rings is 1. The summed E-state index contributed by atoms with van der Waals surface area (Å²) in [4.78, 5) is 11.7. The molecule has 0 bridgehead atoms. The first-order valence-corrected chi connectivity index (χ1v) is 7.33. The Morgan fingerprint density at radius 1 is 1.23 bits per heavy atom. The fourth-order valence-electron chi connectivity index (χ4n) is 1.71. The van der Waals surface area contributed by atoms with Crippen molar-refractivity contribution >= 4 is 5.97 Å². The highest BCUT2D eigenvalue weighted by Crippen LogP contribution is 2.31. The first-order chi connectivity index (χ1) is 10.2. The normalized spacial score (nSPS) is 11.5. The van der Waals surface area contributed by atoms with Crippen LogP contribution in [0.1, 0.15) is 51.7 Å². The lowest BCUT2D eigenvalue weighted by Gasteiger charge is -2.24. The van der Waals surface area contributed by atoms with Gasteiger partial charge in [-0.15, -0.1) is 5.92 Å². The molecule has 0 aliphatic rings. The second kappa shape index (κ2) is 7.40. The van der Waals surface area contributed by atoms with Crippen LogP contribution in [0.15, 0.2) is 24.3 Å². The fraction of sp³-hybridized carbons (Fsp3) is 0.500. The number of unbranched alkanes of at least 4 members (excludes halogenated alkanes) is 1. The summed E-state index contributed by atoms with van der Waals surface area (Å²) in [6.07, 6.45) is 2.13. The van der Waals surface area contributed by atoms with Gasteiger partial charge in [-0.05, 0) is 38.8 Å². The summed E-state index contributed by atoms with van der Waals surface area (Å²) in [6.45, 7) is 6.69. The van der Waals surface area contributed by atoms with Crippen LogP contribution in [-0.2, 0) is 21.9 Å². The number of esters is 1. The Labute approximate surface area is 130 Å². The van der Waals surface area contributed by atoms with Crippen molar-refractivity contribution in [3.05, 3.63) is 35.4 Å². The number of carbonyl (C=O) groups is 1. The molecule has 120 valence electrons. The van der Waals surface area contributed by atoms with Crippen molar-refractivity contribution in [3.8, 4) is 11.8 Å². The van der Waals surface area contributed by atoms with Crippen molar-refractivity contribution in [1.82, 2.24) is 0 Å². The molecule has 0 N–H and O–H groups in total. The second-order valence-electron chi connectivity index (χ2n) is 6.06. The predicted molar refractivity (Wildman–Crippen MR) is 82.6 cm³/mol. The quantitative estimate of drug-likeness (QED) is 0.606. The Morgan fingerprint density at radius 3 is 2.50 bits per heavy atom. The summed E-state index contributed by atoms with van der Waals surface area (Å²) in [6, 6.07) is 5.76. The minimum atomic E-state index is -3.67. The van der Waals surface area contributed by atoms with Gasteiger partial charge in [0.05, 0.1) is 0 Å². The van der Waals surface area contributed by atoms with Crippen LogP contribution in [0.25, 0.3) is 0 Å². The Balaban J connectivity index is 2.91. The fourth-order valence-corrected chi connectivity index (χ4v) is 1.71. The molecule has 4 heteroatoms. The summed E-state index contributed by atoms with van der Waals surface area (Å²) in [5.41, 5.74) is -0.662. The second-order valence-corrected chi connectivity index (χ2v) is 6.06. The lowest BCUT2D eigenvalue weighted by Crippen LogP contribution is -2.35. The van der Waals surface area contributed by atoms with E-state index in [2.05, 4.69) is 11.8 Å². The van der Waals surface area contributed by atoms with Gasteiger partial charge in [0.25, 0.3) is 0 Å². The van der Waals surface area contributed by atoms with Gasteiger partial charge in [-0.25, -0.2) is 4.79 Å². The molecule has 0 atom stereocenters. The molecular weight excluding hydrogens is 286 g/mol. The van der Waals surface area contributed by atoms with Gasteiger partial charge in [0.2, 0.25) is 0 Å². The van der Waals surface area contributed by atoms with Crippen LogP contribution in [0.3, 0.4) is 0 Å². The molecule has 2 nitrogen and oxygen atoms in total. The molecule has 0 fully saturated rings. The molecular formula is C18H22F2O2. The molecule has 0 unspecified atom stereocenters. The van der Waals surface area contributed by atoms with Gasteiger partial charge in [0.15, 0.2) is 0 Å². The number of halogens is 2. The zero-order chi connectivity index (χ0) is 16.8. The molecule has 0 heterocycles. The van der Waals surface area contributed by atoms with Gasteiger partial charge >= 0.3 is 11.9 Å². The van der Waals surface area contributed by atoms with Crippen molar-refractivity contribution in [2.45, 2.75) is 58.5 Å².